The first kappa shape index (κ1) is 45.6. The zero-order valence-electron chi connectivity index (χ0n) is 34.4. The van der Waals surface area contributed by atoms with Crippen LogP contribution in [-0.4, -0.2) is 138 Å². The number of likely N-dealkylation sites (N-methyl/N-ethyl adjacent to an activating group) is 1. The number of carbonyl (C=O) groups is 3. The Morgan fingerprint density at radius 1 is 0.925 bits per heavy atom. The number of cyclic esters (lactones) is 1. The summed E-state index contributed by atoms with van der Waals surface area (Å²) in [6, 6.07) is -0.266. The van der Waals surface area contributed by atoms with E-state index in [1.807, 2.05) is 46.7 Å². The highest BCUT2D eigenvalue weighted by Crippen LogP contribution is 2.41. The minimum Gasteiger partial charge on any atom is -0.462 e. The molecule has 18 atom stereocenters. The van der Waals surface area contributed by atoms with Gasteiger partial charge in [0.1, 0.15) is 18.0 Å². The van der Waals surface area contributed by atoms with E-state index in [-0.39, 0.29) is 30.8 Å². The minimum absolute atomic E-state index is 0.0942. The van der Waals surface area contributed by atoms with Crippen molar-refractivity contribution in [3.05, 3.63) is 0 Å². The van der Waals surface area contributed by atoms with Gasteiger partial charge >= 0.3 is 11.9 Å². The standard InChI is InChI=1S/C39H69NO13/c1-15-28-21(4)31(43)22(5)30(42)19(2)17-39(11,47-14)35(53-37-33(50-26(9)41)27(40(12)13)16-20(3)48-37)23(6)32(24(7)36(45)51-28)52-29-18-38(10,46)34(44)25(8)49-29/h19-25,27-29,31-35,37,43-44,46H,15-18H2,1-14H3/t19-,20-,21+,22+,23+,24-,25+,27+,28-,29+,31+,32+,33-,34+,35-,37+,38-,39-/m1/s1. The molecule has 0 amide bonds. The Labute approximate surface area is 316 Å². The molecule has 3 N–H and O–H groups in total. The SMILES string of the molecule is CC[C@H]1OC(=O)[C@H](C)[C@@H](O[C@H]2C[C@@](C)(O)[C@@H](O)[C@H](C)O2)[C@H](C)[C@@H](O[C@@H]2O[C@H](C)C[C@H](N(C)C)[C@H]2OC(C)=O)[C@](C)(OC)C[C@@H](C)C(=O)[C@H](C)[C@@H](O)[C@H]1C. The molecule has 3 aliphatic rings. The van der Waals surface area contributed by atoms with E-state index in [1.54, 1.807) is 34.6 Å². The highest BCUT2D eigenvalue weighted by atomic mass is 16.7. The lowest BCUT2D eigenvalue weighted by atomic mass is 9.74. The summed E-state index contributed by atoms with van der Waals surface area (Å²) in [5.74, 6) is -4.90. The fourth-order valence-electron chi connectivity index (χ4n) is 8.65. The van der Waals surface area contributed by atoms with Gasteiger partial charge in [-0.1, -0.05) is 34.6 Å². The lowest BCUT2D eigenvalue weighted by molar-refractivity contribution is -0.318. The molecule has 0 bridgehead atoms. The molecule has 0 spiro atoms. The fourth-order valence-corrected chi connectivity index (χ4v) is 8.65. The Morgan fingerprint density at radius 2 is 1.55 bits per heavy atom. The zero-order valence-corrected chi connectivity index (χ0v) is 34.4. The van der Waals surface area contributed by atoms with Crippen LogP contribution < -0.4 is 0 Å². The van der Waals surface area contributed by atoms with Crippen LogP contribution in [0.1, 0.15) is 102 Å². The van der Waals surface area contributed by atoms with Gasteiger partial charge in [0.05, 0.1) is 53.7 Å². The second kappa shape index (κ2) is 18.5. The van der Waals surface area contributed by atoms with E-state index < -0.39 is 108 Å². The number of methoxy groups -OCH3 is 1. The number of nitrogens with zero attached hydrogens (tertiary/aromatic N) is 1. The van der Waals surface area contributed by atoms with Gasteiger partial charge < -0.3 is 53.4 Å². The van der Waals surface area contributed by atoms with Crippen LogP contribution in [0, 0.1) is 29.6 Å². The van der Waals surface area contributed by atoms with Crippen molar-refractivity contribution in [2.24, 2.45) is 29.6 Å². The second-order valence-electron chi connectivity index (χ2n) is 16.8. The quantitative estimate of drug-likeness (QED) is 0.307. The van der Waals surface area contributed by atoms with Crippen molar-refractivity contribution in [3.63, 3.8) is 0 Å². The summed E-state index contributed by atoms with van der Waals surface area (Å²) in [6.07, 6.45) is -7.98. The topological polar surface area (TPSA) is 180 Å². The van der Waals surface area contributed by atoms with Gasteiger partial charge in [-0.3, -0.25) is 14.4 Å². The van der Waals surface area contributed by atoms with Gasteiger partial charge in [-0.15, -0.1) is 0 Å². The number of hydrogen-bond donors (Lipinski definition) is 3. The van der Waals surface area contributed by atoms with E-state index >= 15 is 0 Å². The van der Waals surface area contributed by atoms with E-state index in [2.05, 4.69) is 0 Å². The number of Topliss-reactive ketones (excluding diaryl/α,β-unsaturated/α-hetero) is 1. The smallest absolute Gasteiger partial charge is 0.311 e. The van der Waals surface area contributed by atoms with Gasteiger partial charge in [0.15, 0.2) is 18.7 Å². The van der Waals surface area contributed by atoms with Gasteiger partial charge in [-0.05, 0) is 68.0 Å². The van der Waals surface area contributed by atoms with E-state index in [4.69, 9.17) is 33.2 Å². The number of ketones is 1. The van der Waals surface area contributed by atoms with Crippen molar-refractivity contribution < 1.29 is 62.9 Å². The number of hydrogen-bond acceptors (Lipinski definition) is 14. The molecule has 3 heterocycles. The van der Waals surface area contributed by atoms with E-state index in [1.165, 1.54) is 21.0 Å². The van der Waals surface area contributed by atoms with Crippen molar-refractivity contribution in [2.75, 3.05) is 21.2 Å². The van der Waals surface area contributed by atoms with Crippen LogP contribution in [0.2, 0.25) is 0 Å². The van der Waals surface area contributed by atoms with Crippen LogP contribution in [0.15, 0.2) is 0 Å². The average Bonchev–Trinajstić information content (AvgIpc) is 3.08. The molecular weight excluding hydrogens is 690 g/mol. The molecule has 3 saturated heterocycles. The van der Waals surface area contributed by atoms with Crippen molar-refractivity contribution in [1.29, 1.82) is 0 Å². The Kier molecular flexibility index (Phi) is 15.9. The highest BCUT2D eigenvalue weighted by Gasteiger charge is 2.53. The summed E-state index contributed by atoms with van der Waals surface area (Å²) >= 11 is 0. The molecule has 14 nitrogen and oxygen atoms in total. The predicted molar refractivity (Wildman–Crippen MR) is 194 cm³/mol. The van der Waals surface area contributed by atoms with Crippen LogP contribution in [0.4, 0.5) is 0 Å². The lowest BCUT2D eigenvalue weighted by Gasteiger charge is -2.49. The molecule has 3 fully saturated rings. The van der Waals surface area contributed by atoms with Crippen molar-refractivity contribution in [2.45, 2.75) is 181 Å². The van der Waals surface area contributed by atoms with Crippen molar-refractivity contribution in [3.8, 4) is 0 Å². The number of esters is 2. The largest absolute Gasteiger partial charge is 0.462 e. The lowest BCUT2D eigenvalue weighted by Crippen LogP contribution is -2.61. The van der Waals surface area contributed by atoms with Crippen LogP contribution in [0.25, 0.3) is 0 Å². The maximum absolute atomic E-state index is 14.2. The number of carbonyl (C=O) groups excluding carboxylic acids is 3. The number of aliphatic hydroxyl groups is 3. The average molecular weight is 760 g/mol. The van der Waals surface area contributed by atoms with Gasteiger partial charge in [0.25, 0.3) is 0 Å². The molecule has 0 aromatic heterocycles. The number of rotatable bonds is 8. The summed E-state index contributed by atoms with van der Waals surface area (Å²) in [4.78, 5) is 42.6. The zero-order chi connectivity index (χ0) is 40.3. The molecule has 14 heteroatoms. The van der Waals surface area contributed by atoms with Crippen LogP contribution in [-0.2, 0) is 47.5 Å². The summed E-state index contributed by atoms with van der Waals surface area (Å²) < 4.78 is 44.3. The minimum atomic E-state index is -1.55. The van der Waals surface area contributed by atoms with Gasteiger partial charge in [-0.25, -0.2) is 0 Å². The van der Waals surface area contributed by atoms with Crippen LogP contribution in [0.3, 0.4) is 0 Å². The van der Waals surface area contributed by atoms with Gasteiger partial charge in [0, 0.05) is 44.1 Å². The van der Waals surface area contributed by atoms with Gasteiger partial charge in [-0.2, -0.15) is 0 Å². The maximum Gasteiger partial charge on any atom is 0.311 e. The molecule has 308 valence electrons. The molecule has 53 heavy (non-hydrogen) atoms. The molecular formula is C39H69NO13. The maximum atomic E-state index is 14.2. The molecule has 0 radical (unpaired) electrons. The predicted octanol–water partition coefficient (Wildman–Crippen LogP) is 3.24. The summed E-state index contributed by atoms with van der Waals surface area (Å²) in [5.41, 5.74) is -2.80. The first-order valence-electron chi connectivity index (χ1n) is 19.3. The molecule has 3 aliphatic heterocycles. The summed E-state index contributed by atoms with van der Waals surface area (Å²) in [7, 11) is 5.30. The molecule has 0 unspecified atom stereocenters. The summed E-state index contributed by atoms with van der Waals surface area (Å²) in [5, 5.41) is 33.2. The van der Waals surface area contributed by atoms with Crippen LogP contribution in [0.5, 0.6) is 0 Å². The number of ether oxygens (including phenoxy) is 7. The van der Waals surface area contributed by atoms with Crippen molar-refractivity contribution in [1.82, 2.24) is 4.90 Å². The first-order chi connectivity index (χ1) is 24.5. The first-order valence-corrected chi connectivity index (χ1v) is 19.3. The Hall–Kier alpha value is -1.75. The Bertz CT molecular complexity index is 1230. The number of aliphatic hydroxyl groups excluding tert-OH is 2. The molecule has 0 aliphatic carbocycles. The van der Waals surface area contributed by atoms with Gasteiger partial charge in [0.2, 0.25) is 0 Å². The van der Waals surface area contributed by atoms with E-state index in [9.17, 15) is 29.7 Å². The summed E-state index contributed by atoms with van der Waals surface area (Å²) in [6.45, 7) is 18.8. The second-order valence-corrected chi connectivity index (χ2v) is 16.8. The Morgan fingerprint density at radius 3 is 2.08 bits per heavy atom. The van der Waals surface area contributed by atoms with Crippen LogP contribution >= 0.6 is 0 Å². The monoisotopic (exact) mass is 759 g/mol. The highest BCUT2D eigenvalue weighted by molar-refractivity contribution is 5.83. The third-order valence-electron chi connectivity index (χ3n) is 12.1. The van der Waals surface area contributed by atoms with E-state index in [0.29, 0.717) is 12.8 Å². The van der Waals surface area contributed by atoms with E-state index in [0.717, 1.165) is 0 Å². The Balaban J connectivity index is 2.24. The van der Waals surface area contributed by atoms with Crippen molar-refractivity contribution >= 4 is 17.7 Å². The molecule has 3 rings (SSSR count). The molecule has 0 saturated carbocycles. The third kappa shape index (κ3) is 10.6. The molecule has 0 aromatic rings. The third-order valence-corrected chi connectivity index (χ3v) is 12.1. The fraction of sp³-hybridized carbons (Fsp3) is 0.923. The normalized spacial score (nSPS) is 46.8. The molecule has 0 aromatic carbocycles.